The van der Waals surface area contributed by atoms with Crippen LogP contribution < -0.4 is 0 Å². The highest BCUT2D eigenvalue weighted by molar-refractivity contribution is 5.33. The van der Waals surface area contributed by atoms with Crippen molar-refractivity contribution < 1.29 is 9.50 Å². The fourth-order valence-corrected chi connectivity index (χ4v) is 3.55. The van der Waals surface area contributed by atoms with Gasteiger partial charge in [-0.05, 0) is 50.5 Å². The Morgan fingerprint density at radius 3 is 2.87 bits per heavy atom. The molecule has 23 heavy (non-hydrogen) atoms. The van der Waals surface area contributed by atoms with Crippen molar-refractivity contribution >= 4 is 0 Å². The molecule has 1 aliphatic heterocycles. The number of rotatable bonds is 4. The summed E-state index contributed by atoms with van der Waals surface area (Å²) in [6, 6.07) is 5.39. The van der Waals surface area contributed by atoms with Crippen molar-refractivity contribution in [2.24, 2.45) is 0 Å². The summed E-state index contributed by atoms with van der Waals surface area (Å²) in [5, 5.41) is 13.7. The SMILES string of the molecule is Cc1nn(CCO)c(C)c1CN1CCc2cc(F)ccc2C1C. The van der Waals surface area contributed by atoms with Crippen LogP contribution in [-0.4, -0.2) is 32.9 Å². The molecule has 1 aromatic heterocycles. The Balaban J connectivity index is 1.83. The summed E-state index contributed by atoms with van der Waals surface area (Å²) >= 11 is 0. The summed E-state index contributed by atoms with van der Waals surface area (Å²) in [7, 11) is 0. The minimum atomic E-state index is -0.152. The highest BCUT2D eigenvalue weighted by Crippen LogP contribution is 2.31. The van der Waals surface area contributed by atoms with Crippen molar-refractivity contribution in [2.75, 3.05) is 13.2 Å². The molecule has 2 heterocycles. The molecular formula is C18H24FN3O. The second kappa shape index (κ2) is 6.42. The highest BCUT2D eigenvalue weighted by atomic mass is 19.1. The molecule has 124 valence electrons. The molecule has 0 radical (unpaired) electrons. The maximum absolute atomic E-state index is 13.4. The van der Waals surface area contributed by atoms with Crippen LogP contribution in [0.4, 0.5) is 4.39 Å². The van der Waals surface area contributed by atoms with E-state index in [2.05, 4.69) is 23.8 Å². The van der Waals surface area contributed by atoms with Gasteiger partial charge in [0.1, 0.15) is 5.82 Å². The second-order valence-corrected chi connectivity index (χ2v) is 6.34. The average Bonchev–Trinajstić information content (AvgIpc) is 2.78. The average molecular weight is 317 g/mol. The van der Waals surface area contributed by atoms with E-state index in [0.717, 1.165) is 36.5 Å². The largest absolute Gasteiger partial charge is 0.394 e. The lowest BCUT2D eigenvalue weighted by Gasteiger charge is -2.35. The third-order valence-electron chi connectivity index (χ3n) is 4.98. The van der Waals surface area contributed by atoms with Crippen LogP contribution in [0.2, 0.25) is 0 Å². The molecule has 1 N–H and O–H groups in total. The first-order valence-electron chi connectivity index (χ1n) is 8.17. The van der Waals surface area contributed by atoms with Gasteiger partial charge in [0.15, 0.2) is 0 Å². The first-order chi connectivity index (χ1) is 11.0. The van der Waals surface area contributed by atoms with Gasteiger partial charge in [-0.15, -0.1) is 0 Å². The van der Waals surface area contributed by atoms with Crippen LogP contribution in [0, 0.1) is 19.7 Å². The van der Waals surface area contributed by atoms with Gasteiger partial charge in [-0.3, -0.25) is 9.58 Å². The predicted molar refractivity (Wildman–Crippen MR) is 87.7 cm³/mol. The van der Waals surface area contributed by atoms with E-state index in [1.165, 1.54) is 11.1 Å². The standard InChI is InChI=1S/C18H24FN3O/c1-12-18(14(3)22(20-12)8-9-23)11-21-7-6-15-10-16(19)4-5-17(15)13(21)2/h4-5,10,13,23H,6-9,11H2,1-3H3. The zero-order chi connectivity index (χ0) is 16.6. The van der Waals surface area contributed by atoms with Gasteiger partial charge in [-0.2, -0.15) is 5.10 Å². The molecule has 1 aromatic carbocycles. The van der Waals surface area contributed by atoms with E-state index in [4.69, 9.17) is 5.11 Å². The maximum Gasteiger partial charge on any atom is 0.123 e. The summed E-state index contributed by atoms with van der Waals surface area (Å²) in [6.07, 6.45) is 0.875. The highest BCUT2D eigenvalue weighted by Gasteiger charge is 2.25. The summed E-state index contributed by atoms with van der Waals surface area (Å²) in [6.45, 7) is 8.64. The molecule has 0 saturated carbocycles. The predicted octanol–water partition coefficient (Wildman–Crippen LogP) is 2.75. The van der Waals surface area contributed by atoms with Crippen LogP contribution in [0.3, 0.4) is 0 Å². The first kappa shape index (κ1) is 16.1. The number of hydrogen-bond donors (Lipinski definition) is 1. The molecule has 1 atom stereocenters. The Bertz CT molecular complexity index is 711. The van der Waals surface area contributed by atoms with Gasteiger partial charge in [-0.1, -0.05) is 6.07 Å². The Morgan fingerprint density at radius 2 is 2.13 bits per heavy atom. The van der Waals surface area contributed by atoms with E-state index in [9.17, 15) is 4.39 Å². The molecule has 0 bridgehead atoms. The number of benzene rings is 1. The van der Waals surface area contributed by atoms with Crippen molar-refractivity contribution in [3.8, 4) is 0 Å². The van der Waals surface area contributed by atoms with E-state index < -0.39 is 0 Å². The topological polar surface area (TPSA) is 41.3 Å². The molecule has 5 heteroatoms. The first-order valence-corrected chi connectivity index (χ1v) is 8.17. The van der Waals surface area contributed by atoms with E-state index in [0.29, 0.717) is 6.54 Å². The number of hydrogen-bond acceptors (Lipinski definition) is 3. The number of aromatic nitrogens is 2. The van der Waals surface area contributed by atoms with Gasteiger partial charge in [0.25, 0.3) is 0 Å². The minimum Gasteiger partial charge on any atom is -0.394 e. The quantitative estimate of drug-likeness (QED) is 0.943. The maximum atomic E-state index is 13.4. The summed E-state index contributed by atoms with van der Waals surface area (Å²) in [5.74, 6) is -0.152. The summed E-state index contributed by atoms with van der Waals surface area (Å²) in [4.78, 5) is 2.42. The van der Waals surface area contributed by atoms with Gasteiger partial charge in [-0.25, -0.2) is 4.39 Å². The third kappa shape index (κ3) is 3.03. The molecule has 1 aliphatic rings. The lowest BCUT2D eigenvalue weighted by molar-refractivity contribution is 0.188. The Morgan fingerprint density at radius 1 is 1.35 bits per heavy atom. The van der Waals surface area contributed by atoms with Gasteiger partial charge in [0.2, 0.25) is 0 Å². The number of aryl methyl sites for hydroxylation is 1. The second-order valence-electron chi connectivity index (χ2n) is 6.34. The molecule has 0 amide bonds. The molecule has 0 spiro atoms. The molecule has 1 unspecified atom stereocenters. The number of aliphatic hydroxyl groups is 1. The lowest BCUT2D eigenvalue weighted by Crippen LogP contribution is -2.33. The van der Waals surface area contributed by atoms with Crippen LogP contribution in [0.1, 0.15) is 41.0 Å². The van der Waals surface area contributed by atoms with Crippen LogP contribution in [0.25, 0.3) is 0 Å². The van der Waals surface area contributed by atoms with Crippen LogP contribution in [-0.2, 0) is 19.5 Å². The van der Waals surface area contributed by atoms with Crippen molar-refractivity contribution in [3.05, 3.63) is 52.1 Å². The fraction of sp³-hybridized carbons (Fsp3) is 0.500. The van der Waals surface area contributed by atoms with Crippen molar-refractivity contribution in [3.63, 3.8) is 0 Å². The number of nitrogens with zero attached hydrogens (tertiary/aromatic N) is 3. The molecule has 0 aliphatic carbocycles. The lowest BCUT2D eigenvalue weighted by atomic mass is 9.93. The van der Waals surface area contributed by atoms with Gasteiger partial charge >= 0.3 is 0 Å². The Kier molecular flexibility index (Phi) is 4.50. The van der Waals surface area contributed by atoms with E-state index in [1.54, 1.807) is 12.1 Å². The summed E-state index contributed by atoms with van der Waals surface area (Å²) < 4.78 is 15.3. The number of aliphatic hydroxyl groups excluding tert-OH is 1. The zero-order valence-corrected chi connectivity index (χ0v) is 14.0. The smallest absolute Gasteiger partial charge is 0.123 e. The van der Waals surface area contributed by atoms with Gasteiger partial charge in [0, 0.05) is 30.4 Å². The van der Waals surface area contributed by atoms with Crippen LogP contribution >= 0.6 is 0 Å². The monoisotopic (exact) mass is 317 g/mol. The Hall–Kier alpha value is -1.72. The molecule has 0 saturated heterocycles. The summed E-state index contributed by atoms with van der Waals surface area (Å²) in [5.41, 5.74) is 5.71. The fourth-order valence-electron chi connectivity index (χ4n) is 3.55. The van der Waals surface area contributed by atoms with Gasteiger partial charge in [0.05, 0.1) is 18.8 Å². The zero-order valence-electron chi connectivity index (χ0n) is 14.0. The number of fused-ring (bicyclic) bond motifs is 1. The molecule has 2 aromatic rings. The van der Waals surface area contributed by atoms with Gasteiger partial charge < -0.3 is 5.11 Å². The number of halogens is 1. The van der Waals surface area contributed by atoms with Crippen LogP contribution in [0.5, 0.6) is 0 Å². The van der Waals surface area contributed by atoms with E-state index in [-0.39, 0.29) is 18.5 Å². The van der Waals surface area contributed by atoms with E-state index >= 15 is 0 Å². The Labute approximate surface area is 136 Å². The normalized spacial score (nSPS) is 18.2. The third-order valence-corrected chi connectivity index (χ3v) is 4.98. The minimum absolute atomic E-state index is 0.0977. The van der Waals surface area contributed by atoms with E-state index in [1.807, 2.05) is 17.7 Å². The van der Waals surface area contributed by atoms with Crippen molar-refractivity contribution in [2.45, 2.75) is 46.3 Å². The molecular weight excluding hydrogens is 293 g/mol. The molecule has 3 rings (SSSR count). The van der Waals surface area contributed by atoms with Crippen molar-refractivity contribution in [1.29, 1.82) is 0 Å². The van der Waals surface area contributed by atoms with Crippen LogP contribution in [0.15, 0.2) is 18.2 Å². The molecule has 0 fully saturated rings. The van der Waals surface area contributed by atoms with Crippen molar-refractivity contribution in [1.82, 2.24) is 14.7 Å². The molecule has 4 nitrogen and oxygen atoms in total.